The number of hydrogen-bond acceptors (Lipinski definition) is 6. The molecule has 0 saturated heterocycles. The molecular formula is C10H12ClN3O5S. The van der Waals surface area contributed by atoms with Crippen molar-refractivity contribution in [2.75, 3.05) is 25.6 Å². The van der Waals surface area contributed by atoms with E-state index in [9.17, 15) is 23.3 Å². The summed E-state index contributed by atoms with van der Waals surface area (Å²) in [5, 5.41) is 10.5. The molecule has 0 aromatic carbocycles. The van der Waals surface area contributed by atoms with Crippen LogP contribution in [0.2, 0.25) is 5.15 Å². The Labute approximate surface area is 120 Å². The summed E-state index contributed by atoms with van der Waals surface area (Å²) >= 11 is 5.73. The van der Waals surface area contributed by atoms with Gasteiger partial charge in [0.1, 0.15) is 21.2 Å². The van der Waals surface area contributed by atoms with Crippen LogP contribution in [-0.2, 0) is 9.84 Å². The van der Waals surface area contributed by atoms with E-state index in [1.54, 1.807) is 0 Å². The van der Waals surface area contributed by atoms with E-state index in [0.29, 0.717) is 0 Å². The Morgan fingerprint density at radius 1 is 1.55 bits per heavy atom. The molecule has 10 heteroatoms. The van der Waals surface area contributed by atoms with E-state index in [-0.39, 0.29) is 28.7 Å². The lowest BCUT2D eigenvalue weighted by molar-refractivity contribution is -0.385. The molecule has 0 aliphatic heterocycles. The summed E-state index contributed by atoms with van der Waals surface area (Å²) in [7, 11) is -1.84. The van der Waals surface area contributed by atoms with E-state index in [2.05, 4.69) is 4.98 Å². The first-order valence-electron chi connectivity index (χ1n) is 5.35. The summed E-state index contributed by atoms with van der Waals surface area (Å²) in [4.78, 5) is 26.7. The van der Waals surface area contributed by atoms with Crippen LogP contribution in [0.25, 0.3) is 0 Å². The SMILES string of the molecule is CN(CCS(C)(=O)=O)C(=O)c1cc([N+](=O)[O-])cnc1Cl. The Morgan fingerprint density at radius 2 is 2.15 bits per heavy atom. The number of rotatable bonds is 5. The first-order chi connectivity index (χ1) is 9.11. The van der Waals surface area contributed by atoms with Crippen molar-refractivity contribution >= 4 is 33.0 Å². The first-order valence-corrected chi connectivity index (χ1v) is 7.79. The van der Waals surface area contributed by atoms with E-state index in [4.69, 9.17) is 11.6 Å². The second-order valence-electron chi connectivity index (χ2n) is 4.15. The number of carbonyl (C=O) groups excluding carboxylic acids is 1. The quantitative estimate of drug-likeness (QED) is 0.450. The molecule has 1 amide bonds. The molecule has 1 rings (SSSR count). The number of carbonyl (C=O) groups is 1. The number of nitrogens with zero attached hydrogens (tertiary/aromatic N) is 3. The molecule has 0 atom stereocenters. The number of pyridine rings is 1. The van der Waals surface area contributed by atoms with Crippen LogP contribution in [0.3, 0.4) is 0 Å². The Bertz CT molecular complexity index is 646. The zero-order valence-corrected chi connectivity index (χ0v) is 12.3. The number of nitro groups is 1. The average Bonchev–Trinajstić information content (AvgIpc) is 2.34. The van der Waals surface area contributed by atoms with Gasteiger partial charge in [-0.3, -0.25) is 14.9 Å². The van der Waals surface area contributed by atoms with Crippen LogP contribution in [0.4, 0.5) is 5.69 Å². The fraction of sp³-hybridized carbons (Fsp3) is 0.400. The van der Waals surface area contributed by atoms with Gasteiger partial charge in [0.2, 0.25) is 0 Å². The molecule has 0 unspecified atom stereocenters. The van der Waals surface area contributed by atoms with Gasteiger partial charge in [-0.1, -0.05) is 11.6 Å². The summed E-state index contributed by atoms with van der Waals surface area (Å²) < 4.78 is 22.1. The zero-order valence-electron chi connectivity index (χ0n) is 10.7. The van der Waals surface area contributed by atoms with E-state index in [0.717, 1.165) is 23.4 Å². The van der Waals surface area contributed by atoms with Crippen molar-refractivity contribution in [3.63, 3.8) is 0 Å². The Kier molecular flexibility index (Phi) is 5.01. The van der Waals surface area contributed by atoms with Crippen molar-refractivity contribution in [3.8, 4) is 0 Å². The molecule has 0 bridgehead atoms. The molecule has 20 heavy (non-hydrogen) atoms. The van der Waals surface area contributed by atoms with Gasteiger partial charge >= 0.3 is 0 Å². The number of sulfone groups is 1. The van der Waals surface area contributed by atoms with Crippen molar-refractivity contribution in [2.24, 2.45) is 0 Å². The monoisotopic (exact) mass is 321 g/mol. The smallest absolute Gasteiger partial charge is 0.288 e. The molecule has 1 heterocycles. The van der Waals surface area contributed by atoms with Gasteiger partial charge in [-0.15, -0.1) is 0 Å². The Hall–Kier alpha value is -1.74. The van der Waals surface area contributed by atoms with Crippen LogP contribution in [0, 0.1) is 10.1 Å². The number of hydrogen-bond donors (Lipinski definition) is 0. The summed E-state index contributed by atoms with van der Waals surface area (Å²) in [5.41, 5.74) is -0.508. The minimum Gasteiger partial charge on any atom is -0.341 e. The molecule has 0 spiro atoms. The second kappa shape index (κ2) is 6.14. The summed E-state index contributed by atoms with van der Waals surface area (Å²) in [6.07, 6.45) is 1.99. The van der Waals surface area contributed by atoms with Gasteiger partial charge in [0, 0.05) is 25.9 Å². The normalized spacial score (nSPS) is 11.2. The number of amides is 1. The molecule has 110 valence electrons. The van der Waals surface area contributed by atoms with Crippen LogP contribution >= 0.6 is 11.6 Å². The van der Waals surface area contributed by atoms with Crippen LogP contribution in [0.15, 0.2) is 12.3 Å². The highest BCUT2D eigenvalue weighted by molar-refractivity contribution is 7.90. The van der Waals surface area contributed by atoms with Crippen LogP contribution in [0.5, 0.6) is 0 Å². The van der Waals surface area contributed by atoms with Crippen molar-refractivity contribution in [2.45, 2.75) is 0 Å². The highest BCUT2D eigenvalue weighted by Gasteiger charge is 2.20. The van der Waals surface area contributed by atoms with Gasteiger partial charge < -0.3 is 4.90 Å². The molecule has 8 nitrogen and oxygen atoms in total. The van der Waals surface area contributed by atoms with Crippen molar-refractivity contribution in [1.29, 1.82) is 0 Å². The van der Waals surface area contributed by atoms with Crippen molar-refractivity contribution in [1.82, 2.24) is 9.88 Å². The lowest BCUT2D eigenvalue weighted by atomic mass is 10.2. The maximum absolute atomic E-state index is 12.0. The lowest BCUT2D eigenvalue weighted by Gasteiger charge is -2.16. The number of aromatic nitrogens is 1. The molecule has 0 aliphatic carbocycles. The first kappa shape index (κ1) is 16.3. The van der Waals surface area contributed by atoms with E-state index >= 15 is 0 Å². The molecular weight excluding hydrogens is 310 g/mol. The third-order valence-electron chi connectivity index (χ3n) is 2.41. The third-order valence-corrected chi connectivity index (χ3v) is 3.64. The fourth-order valence-corrected chi connectivity index (χ4v) is 2.09. The standard InChI is InChI=1S/C10H12ClN3O5S/c1-13(3-4-20(2,18)19)10(15)8-5-7(14(16)17)6-12-9(8)11/h5-6H,3-4H2,1-2H3. The Morgan fingerprint density at radius 3 is 2.65 bits per heavy atom. The summed E-state index contributed by atoms with van der Waals surface area (Å²) in [6, 6.07) is 1.01. The van der Waals surface area contributed by atoms with E-state index < -0.39 is 20.7 Å². The predicted octanol–water partition coefficient (Wildman–Crippen LogP) is 0.760. The van der Waals surface area contributed by atoms with Gasteiger partial charge in [-0.05, 0) is 0 Å². The van der Waals surface area contributed by atoms with E-state index in [1.165, 1.54) is 7.05 Å². The third kappa shape index (κ3) is 4.42. The lowest BCUT2D eigenvalue weighted by Crippen LogP contribution is -2.31. The van der Waals surface area contributed by atoms with Crippen molar-refractivity contribution < 1.29 is 18.1 Å². The van der Waals surface area contributed by atoms with Crippen LogP contribution in [-0.4, -0.2) is 54.7 Å². The highest BCUT2D eigenvalue weighted by atomic mass is 35.5. The zero-order chi connectivity index (χ0) is 15.5. The maximum atomic E-state index is 12.0. The predicted molar refractivity (Wildman–Crippen MR) is 72.6 cm³/mol. The topological polar surface area (TPSA) is 110 Å². The summed E-state index contributed by atoms with van der Waals surface area (Å²) in [6.45, 7) is -0.0450. The highest BCUT2D eigenvalue weighted by Crippen LogP contribution is 2.20. The van der Waals surface area contributed by atoms with Gasteiger partial charge in [-0.25, -0.2) is 13.4 Å². The molecule has 0 radical (unpaired) electrons. The summed E-state index contributed by atoms with van der Waals surface area (Å²) in [5.74, 6) is -0.843. The largest absolute Gasteiger partial charge is 0.341 e. The minimum atomic E-state index is -3.22. The van der Waals surface area contributed by atoms with Crippen molar-refractivity contribution in [3.05, 3.63) is 33.1 Å². The van der Waals surface area contributed by atoms with Gasteiger partial charge in [0.25, 0.3) is 11.6 Å². The van der Waals surface area contributed by atoms with Gasteiger partial charge in [0.05, 0.1) is 16.2 Å². The minimum absolute atomic E-state index is 0.0450. The van der Waals surface area contributed by atoms with Crippen LogP contribution < -0.4 is 0 Å². The fourth-order valence-electron chi connectivity index (χ4n) is 1.30. The average molecular weight is 322 g/mol. The molecule has 0 fully saturated rings. The van der Waals surface area contributed by atoms with Crippen LogP contribution in [0.1, 0.15) is 10.4 Å². The number of halogens is 1. The molecule has 0 aliphatic rings. The second-order valence-corrected chi connectivity index (χ2v) is 6.76. The Balaban J connectivity index is 2.96. The van der Waals surface area contributed by atoms with E-state index in [1.807, 2.05) is 0 Å². The van der Waals surface area contributed by atoms with Gasteiger partial charge in [-0.2, -0.15) is 0 Å². The maximum Gasteiger partial charge on any atom is 0.288 e. The molecule has 1 aromatic heterocycles. The molecule has 0 N–H and O–H groups in total. The molecule has 0 saturated carbocycles. The molecule has 1 aromatic rings. The van der Waals surface area contributed by atoms with Gasteiger partial charge in [0.15, 0.2) is 0 Å².